The number of halogens is 1. The number of ether oxygens (including phenoxy) is 1. The van der Waals surface area contributed by atoms with E-state index in [1.54, 1.807) is 26.8 Å². The monoisotopic (exact) mass is 504 g/mol. The van der Waals surface area contributed by atoms with Gasteiger partial charge in [0.2, 0.25) is 6.41 Å². The number of rotatable bonds is 11. The van der Waals surface area contributed by atoms with Crippen LogP contribution in [0.5, 0.6) is 0 Å². The fourth-order valence-corrected chi connectivity index (χ4v) is 4.31. The summed E-state index contributed by atoms with van der Waals surface area (Å²) in [5.74, 6) is -0.338. The van der Waals surface area contributed by atoms with Crippen molar-refractivity contribution in [2.45, 2.75) is 71.7 Å². The molecule has 5 nitrogen and oxygen atoms in total. The van der Waals surface area contributed by atoms with E-state index in [0.29, 0.717) is 38.0 Å². The summed E-state index contributed by atoms with van der Waals surface area (Å²) in [6, 6.07) is 24.7. The van der Waals surface area contributed by atoms with Crippen LogP contribution < -0.4 is 4.90 Å². The number of carbonyl (C=O) groups excluding carboxylic acids is 2. The first-order chi connectivity index (χ1) is 17.7. The molecule has 196 valence electrons. The van der Waals surface area contributed by atoms with E-state index >= 15 is 4.39 Å². The first-order valence-electron chi connectivity index (χ1n) is 12.8. The molecule has 3 rings (SSSR count). The summed E-state index contributed by atoms with van der Waals surface area (Å²) in [5, 5.41) is 0. The van der Waals surface area contributed by atoms with Gasteiger partial charge in [-0.3, -0.25) is 4.79 Å². The lowest BCUT2D eigenvalue weighted by molar-refractivity contribution is -0.119. The summed E-state index contributed by atoms with van der Waals surface area (Å²) in [6.45, 7) is 8.37. The fraction of sp³-hybridized carbons (Fsp3) is 0.355. The molecule has 0 aliphatic heterocycles. The largest absolute Gasteiger partial charge is 0.443 e. The van der Waals surface area contributed by atoms with E-state index in [2.05, 4.69) is 0 Å². The van der Waals surface area contributed by atoms with Crippen LogP contribution in [0.15, 0.2) is 78.9 Å². The Morgan fingerprint density at radius 3 is 1.95 bits per heavy atom. The minimum absolute atomic E-state index is 0.338. The van der Waals surface area contributed by atoms with Gasteiger partial charge in [0.15, 0.2) is 0 Å². The van der Waals surface area contributed by atoms with Gasteiger partial charge in [-0.1, -0.05) is 80.1 Å². The summed E-state index contributed by atoms with van der Waals surface area (Å²) in [4.78, 5) is 27.6. The van der Waals surface area contributed by atoms with Gasteiger partial charge in [0, 0.05) is 19.1 Å². The number of hydrogen-bond donors (Lipinski definition) is 0. The number of benzene rings is 3. The lowest BCUT2D eigenvalue weighted by Gasteiger charge is -2.30. The molecule has 37 heavy (non-hydrogen) atoms. The van der Waals surface area contributed by atoms with E-state index in [0.717, 1.165) is 28.0 Å². The number of hydrogen-bond acceptors (Lipinski definition) is 4. The maximum Gasteiger partial charge on any atom is 0.417 e. The van der Waals surface area contributed by atoms with Gasteiger partial charge >= 0.3 is 6.09 Å². The summed E-state index contributed by atoms with van der Waals surface area (Å²) in [5.41, 5.74) is 2.68. The van der Waals surface area contributed by atoms with Crippen LogP contribution in [0, 0.1) is 5.82 Å². The molecule has 0 heterocycles. The highest BCUT2D eigenvalue weighted by atomic mass is 19.1. The Labute approximate surface area is 219 Å². The molecule has 1 atom stereocenters. The minimum Gasteiger partial charge on any atom is -0.443 e. The SMILES string of the molecule is CCCC(Cc1ccc(N(Cc2ccccc2)Cc2ccccc2)c(F)c1)N(C=O)C(=O)OC(C)(C)C. The summed E-state index contributed by atoms with van der Waals surface area (Å²) in [7, 11) is 0. The molecule has 3 aromatic carbocycles. The lowest BCUT2D eigenvalue weighted by Crippen LogP contribution is -2.43. The van der Waals surface area contributed by atoms with Gasteiger partial charge in [-0.05, 0) is 62.4 Å². The number of imide groups is 1. The average molecular weight is 505 g/mol. The fourth-order valence-electron chi connectivity index (χ4n) is 4.31. The quantitative estimate of drug-likeness (QED) is 0.261. The van der Waals surface area contributed by atoms with Crippen molar-refractivity contribution in [2.24, 2.45) is 0 Å². The van der Waals surface area contributed by atoms with Crippen molar-refractivity contribution in [1.82, 2.24) is 4.90 Å². The van der Waals surface area contributed by atoms with Crippen molar-refractivity contribution in [1.29, 1.82) is 0 Å². The number of amides is 2. The number of carbonyl (C=O) groups is 2. The normalized spacial score (nSPS) is 12.0. The highest BCUT2D eigenvalue weighted by Gasteiger charge is 2.28. The Bertz CT molecular complexity index is 1100. The van der Waals surface area contributed by atoms with E-state index in [-0.39, 0.29) is 5.82 Å². The molecule has 0 bridgehead atoms. The first-order valence-corrected chi connectivity index (χ1v) is 12.8. The Balaban J connectivity index is 1.85. The Morgan fingerprint density at radius 1 is 0.919 bits per heavy atom. The molecule has 0 spiro atoms. The predicted molar refractivity (Wildman–Crippen MR) is 146 cm³/mol. The lowest BCUT2D eigenvalue weighted by atomic mass is 10.00. The molecule has 0 aliphatic rings. The van der Waals surface area contributed by atoms with E-state index < -0.39 is 17.7 Å². The van der Waals surface area contributed by atoms with Gasteiger partial charge in [-0.25, -0.2) is 14.1 Å². The highest BCUT2D eigenvalue weighted by Crippen LogP contribution is 2.26. The maximum absolute atomic E-state index is 15.6. The summed E-state index contributed by atoms with van der Waals surface area (Å²) in [6.07, 6.45) is 1.53. The van der Waals surface area contributed by atoms with Crippen molar-refractivity contribution < 1.29 is 18.7 Å². The average Bonchev–Trinajstić information content (AvgIpc) is 2.84. The van der Waals surface area contributed by atoms with Crippen LogP contribution >= 0.6 is 0 Å². The second kappa shape index (κ2) is 13.0. The number of anilines is 1. The standard InChI is InChI=1S/C31H37FN2O3/c1-5-12-27(34(23-35)30(36)37-31(2,3)4)19-26-17-18-29(28(32)20-26)33(21-24-13-8-6-9-14-24)22-25-15-10-7-11-16-25/h6-11,13-18,20,23,27H,5,12,19,21-22H2,1-4H3. The second-order valence-corrected chi connectivity index (χ2v) is 10.3. The molecule has 0 N–H and O–H groups in total. The molecule has 1 unspecified atom stereocenters. The molecule has 2 amide bonds. The van der Waals surface area contributed by atoms with Crippen molar-refractivity contribution >= 4 is 18.2 Å². The third kappa shape index (κ3) is 8.45. The molecule has 0 saturated heterocycles. The third-order valence-electron chi connectivity index (χ3n) is 5.99. The molecular weight excluding hydrogens is 467 g/mol. The van der Waals surface area contributed by atoms with Gasteiger partial charge in [0.25, 0.3) is 0 Å². The van der Waals surface area contributed by atoms with Crippen molar-refractivity contribution in [3.05, 3.63) is 101 Å². The molecule has 3 aromatic rings. The van der Waals surface area contributed by atoms with Crippen molar-refractivity contribution in [3.63, 3.8) is 0 Å². The molecule has 6 heteroatoms. The van der Waals surface area contributed by atoms with E-state index in [1.807, 2.05) is 78.6 Å². The Kier molecular flexibility index (Phi) is 9.84. The van der Waals surface area contributed by atoms with Gasteiger partial charge in [-0.15, -0.1) is 0 Å². The zero-order valence-electron chi connectivity index (χ0n) is 22.2. The van der Waals surface area contributed by atoms with Crippen LogP contribution in [0.2, 0.25) is 0 Å². The predicted octanol–water partition coefficient (Wildman–Crippen LogP) is 7.14. The topological polar surface area (TPSA) is 49.9 Å². The minimum atomic E-state index is -0.718. The first kappa shape index (κ1) is 27.9. The second-order valence-electron chi connectivity index (χ2n) is 10.3. The molecule has 0 radical (unpaired) electrons. The molecule has 0 aromatic heterocycles. The zero-order chi connectivity index (χ0) is 26.8. The van der Waals surface area contributed by atoms with E-state index in [9.17, 15) is 9.59 Å². The summed E-state index contributed by atoms with van der Waals surface area (Å²) >= 11 is 0. The van der Waals surface area contributed by atoms with Gasteiger partial charge in [0.05, 0.1) is 5.69 Å². The maximum atomic E-state index is 15.6. The van der Waals surface area contributed by atoms with Crippen LogP contribution in [0.1, 0.15) is 57.2 Å². The molecule has 0 fully saturated rings. The van der Waals surface area contributed by atoms with Crippen LogP contribution in [0.25, 0.3) is 0 Å². The van der Waals surface area contributed by atoms with Gasteiger partial charge in [0.1, 0.15) is 11.4 Å². The third-order valence-corrected chi connectivity index (χ3v) is 5.99. The van der Waals surface area contributed by atoms with Crippen LogP contribution in [-0.4, -0.2) is 29.0 Å². The zero-order valence-corrected chi connectivity index (χ0v) is 22.2. The van der Waals surface area contributed by atoms with Gasteiger partial charge in [-0.2, -0.15) is 0 Å². The van der Waals surface area contributed by atoms with Crippen molar-refractivity contribution in [3.8, 4) is 0 Å². The Morgan fingerprint density at radius 2 is 1.49 bits per heavy atom. The smallest absolute Gasteiger partial charge is 0.417 e. The number of nitrogens with zero attached hydrogens (tertiary/aromatic N) is 2. The molecule has 0 saturated carbocycles. The van der Waals surface area contributed by atoms with Crippen molar-refractivity contribution in [2.75, 3.05) is 4.90 Å². The van der Waals surface area contributed by atoms with Crippen LogP contribution in [0.4, 0.5) is 14.9 Å². The molecule has 0 aliphatic carbocycles. The Hall–Kier alpha value is -3.67. The van der Waals surface area contributed by atoms with Crippen LogP contribution in [-0.2, 0) is 29.0 Å². The van der Waals surface area contributed by atoms with E-state index in [4.69, 9.17) is 4.74 Å². The van der Waals surface area contributed by atoms with Crippen LogP contribution in [0.3, 0.4) is 0 Å². The summed E-state index contributed by atoms with van der Waals surface area (Å²) < 4.78 is 21.0. The van der Waals surface area contributed by atoms with E-state index in [1.165, 1.54) is 6.07 Å². The molecular formula is C31H37FN2O3. The highest BCUT2D eigenvalue weighted by molar-refractivity contribution is 5.81. The van der Waals surface area contributed by atoms with Gasteiger partial charge < -0.3 is 9.64 Å².